The van der Waals surface area contributed by atoms with Crippen molar-refractivity contribution in [2.45, 2.75) is 25.4 Å². The lowest BCUT2D eigenvalue weighted by Gasteiger charge is -2.36. The van der Waals surface area contributed by atoms with Crippen LogP contribution in [0.15, 0.2) is 29.2 Å². The number of piperidine rings is 1. The van der Waals surface area contributed by atoms with E-state index in [9.17, 15) is 18.0 Å². The first-order valence-electron chi connectivity index (χ1n) is 8.41. The molecule has 1 aromatic heterocycles. The van der Waals surface area contributed by atoms with Crippen LogP contribution in [-0.4, -0.2) is 72.2 Å². The van der Waals surface area contributed by atoms with E-state index in [4.69, 9.17) is 0 Å². The molecule has 138 valence electrons. The highest BCUT2D eigenvalue weighted by Crippen LogP contribution is 2.29. The van der Waals surface area contributed by atoms with E-state index < -0.39 is 10.2 Å². The summed E-state index contributed by atoms with van der Waals surface area (Å²) < 4.78 is 29.0. The van der Waals surface area contributed by atoms with Gasteiger partial charge in [-0.05, 0) is 24.8 Å². The molecule has 3 aliphatic rings. The van der Waals surface area contributed by atoms with Gasteiger partial charge in [0.25, 0.3) is 15.8 Å². The van der Waals surface area contributed by atoms with Crippen LogP contribution in [0.2, 0.25) is 0 Å². The summed E-state index contributed by atoms with van der Waals surface area (Å²) in [5.41, 5.74) is -0.215. The second-order valence-corrected chi connectivity index (χ2v) is 9.06. The molecule has 2 atom stereocenters. The predicted molar refractivity (Wildman–Crippen MR) is 93.1 cm³/mol. The molecule has 4 heterocycles. The highest BCUT2D eigenvalue weighted by Gasteiger charge is 2.41. The number of fused-ring (bicyclic) bond motifs is 4. The van der Waals surface area contributed by atoms with Gasteiger partial charge in [0.1, 0.15) is 6.54 Å². The minimum Gasteiger partial charge on any atom is -0.337 e. The van der Waals surface area contributed by atoms with Crippen molar-refractivity contribution < 1.29 is 13.2 Å². The van der Waals surface area contributed by atoms with Crippen LogP contribution in [0, 0.1) is 5.92 Å². The molecule has 0 aliphatic carbocycles. The van der Waals surface area contributed by atoms with Crippen LogP contribution in [0.25, 0.3) is 0 Å². The molecule has 0 N–H and O–H groups in total. The maximum absolute atomic E-state index is 12.7. The zero-order chi connectivity index (χ0) is 18.2. The molecule has 0 radical (unpaired) electrons. The van der Waals surface area contributed by atoms with Gasteiger partial charge in [0, 0.05) is 52.0 Å². The number of hydrogen-bond acceptors (Lipinski definition) is 4. The van der Waals surface area contributed by atoms with Gasteiger partial charge >= 0.3 is 0 Å². The van der Waals surface area contributed by atoms with E-state index in [2.05, 4.69) is 0 Å². The molecule has 1 aromatic rings. The fourth-order valence-electron chi connectivity index (χ4n) is 3.59. The van der Waals surface area contributed by atoms with Crippen LogP contribution >= 0.6 is 0 Å². The third-order valence-corrected chi connectivity index (χ3v) is 6.87. The Morgan fingerprint density at radius 3 is 2.64 bits per heavy atom. The van der Waals surface area contributed by atoms with Gasteiger partial charge in [0.15, 0.2) is 0 Å². The molecule has 3 fully saturated rings. The molecule has 1 amide bonds. The smallest absolute Gasteiger partial charge is 0.281 e. The van der Waals surface area contributed by atoms with E-state index in [0.29, 0.717) is 19.6 Å². The topological polar surface area (TPSA) is 82.9 Å². The summed E-state index contributed by atoms with van der Waals surface area (Å²) in [4.78, 5) is 26.3. The average molecular weight is 368 g/mol. The Morgan fingerprint density at radius 2 is 1.96 bits per heavy atom. The predicted octanol–water partition coefficient (Wildman–Crippen LogP) is -0.422. The quantitative estimate of drug-likeness (QED) is 0.723. The minimum atomic E-state index is -3.49. The largest absolute Gasteiger partial charge is 0.337 e. The minimum absolute atomic E-state index is 0.0106. The molecule has 4 rings (SSSR count). The highest BCUT2D eigenvalue weighted by molar-refractivity contribution is 7.86. The highest BCUT2D eigenvalue weighted by atomic mass is 32.2. The lowest BCUT2D eigenvalue weighted by Crippen LogP contribution is -2.50. The van der Waals surface area contributed by atoms with E-state index in [-0.39, 0.29) is 30.0 Å². The molecule has 0 saturated carbocycles. The Balaban J connectivity index is 1.78. The van der Waals surface area contributed by atoms with E-state index in [1.165, 1.54) is 33.3 Å². The van der Waals surface area contributed by atoms with Crippen molar-refractivity contribution in [1.82, 2.24) is 18.1 Å². The van der Waals surface area contributed by atoms with Gasteiger partial charge in [-0.25, -0.2) is 0 Å². The second-order valence-electron chi connectivity index (χ2n) is 6.92. The number of amides is 1. The lowest BCUT2D eigenvalue weighted by atomic mass is 9.95. The van der Waals surface area contributed by atoms with Crippen LogP contribution in [-0.2, 0) is 21.5 Å². The molecule has 3 saturated heterocycles. The maximum Gasteiger partial charge on any atom is 0.281 e. The fraction of sp³-hybridized carbons (Fsp3) is 0.625. The van der Waals surface area contributed by atoms with Crippen molar-refractivity contribution in [2.75, 3.05) is 33.7 Å². The number of carbonyl (C=O) groups excluding carboxylic acids is 1. The number of hydrogen-bond donors (Lipinski definition) is 0. The molecule has 8 nitrogen and oxygen atoms in total. The number of carbonyl (C=O) groups is 1. The van der Waals surface area contributed by atoms with Crippen LogP contribution in [0.1, 0.15) is 12.8 Å². The zero-order valence-corrected chi connectivity index (χ0v) is 15.4. The molecule has 3 aliphatic heterocycles. The molecule has 0 aromatic carbocycles. The third-order valence-electron chi connectivity index (χ3n) is 4.99. The molecular formula is C16H24N4O4S. The van der Waals surface area contributed by atoms with Gasteiger partial charge in [-0.2, -0.15) is 17.0 Å². The first-order valence-corrected chi connectivity index (χ1v) is 9.81. The first kappa shape index (κ1) is 18.1. The Morgan fingerprint density at radius 1 is 1.20 bits per heavy atom. The summed E-state index contributed by atoms with van der Waals surface area (Å²) in [6, 6.07) is 4.64. The summed E-state index contributed by atoms with van der Waals surface area (Å²) in [7, 11) is -0.449. The van der Waals surface area contributed by atoms with Crippen LogP contribution in [0.3, 0.4) is 0 Å². The van der Waals surface area contributed by atoms with Crippen LogP contribution < -0.4 is 5.56 Å². The van der Waals surface area contributed by atoms with Crippen molar-refractivity contribution in [3.63, 3.8) is 0 Å². The van der Waals surface area contributed by atoms with E-state index in [0.717, 1.165) is 12.8 Å². The van der Waals surface area contributed by atoms with Gasteiger partial charge in [0.05, 0.1) is 0 Å². The molecule has 0 unspecified atom stereocenters. The van der Waals surface area contributed by atoms with Crippen molar-refractivity contribution in [3.05, 3.63) is 34.7 Å². The molecule has 9 heteroatoms. The zero-order valence-electron chi connectivity index (χ0n) is 14.5. The standard InChI is InChI=1S/C16H24N4O4S/c1-17(2)25(23,24)19-9-13-6-7-14(11-19)20(10-13)16(22)12-18-8-4-3-5-15(18)21/h3-5,8,13-14H,6-7,9-12H2,1-2H3/t13-,14+/m0/s1. The fourth-order valence-corrected chi connectivity index (χ4v) is 4.81. The van der Waals surface area contributed by atoms with E-state index >= 15 is 0 Å². The Hall–Kier alpha value is -1.71. The van der Waals surface area contributed by atoms with Crippen LogP contribution in [0.4, 0.5) is 0 Å². The van der Waals surface area contributed by atoms with Crippen LogP contribution in [0.5, 0.6) is 0 Å². The maximum atomic E-state index is 12.7. The molecule has 25 heavy (non-hydrogen) atoms. The van der Waals surface area contributed by atoms with E-state index in [1.54, 1.807) is 23.2 Å². The molecular weight excluding hydrogens is 344 g/mol. The van der Waals surface area contributed by atoms with Gasteiger partial charge in [-0.15, -0.1) is 0 Å². The molecule has 0 spiro atoms. The monoisotopic (exact) mass is 368 g/mol. The summed E-state index contributed by atoms with van der Waals surface area (Å²) in [5.74, 6) is -0.00276. The van der Waals surface area contributed by atoms with Gasteiger partial charge in [0.2, 0.25) is 5.91 Å². The Labute approximate surface area is 147 Å². The Kier molecular flexibility index (Phi) is 4.99. The van der Waals surface area contributed by atoms with Gasteiger partial charge in [-0.3, -0.25) is 9.59 Å². The van der Waals surface area contributed by atoms with Crippen molar-refractivity contribution >= 4 is 16.1 Å². The van der Waals surface area contributed by atoms with E-state index in [1.807, 2.05) is 0 Å². The van der Waals surface area contributed by atoms with Gasteiger partial charge < -0.3 is 9.47 Å². The summed E-state index contributed by atoms with van der Waals surface area (Å²) in [6.45, 7) is 1.28. The lowest BCUT2D eigenvalue weighted by molar-refractivity contribution is -0.135. The van der Waals surface area contributed by atoms with Gasteiger partial charge in [-0.1, -0.05) is 6.07 Å². The average Bonchev–Trinajstić information content (AvgIpc) is 2.89. The first-order chi connectivity index (χ1) is 11.8. The number of nitrogens with zero attached hydrogens (tertiary/aromatic N) is 4. The molecule has 2 bridgehead atoms. The third kappa shape index (κ3) is 3.63. The normalized spacial score (nSPS) is 24.5. The summed E-state index contributed by atoms with van der Waals surface area (Å²) >= 11 is 0. The summed E-state index contributed by atoms with van der Waals surface area (Å²) in [5, 5.41) is 0. The number of rotatable bonds is 4. The second kappa shape index (κ2) is 6.89. The summed E-state index contributed by atoms with van der Waals surface area (Å²) in [6.07, 6.45) is 3.30. The van der Waals surface area contributed by atoms with Crippen molar-refractivity contribution in [1.29, 1.82) is 0 Å². The Bertz CT molecular complexity index is 804. The van der Waals surface area contributed by atoms with Crippen molar-refractivity contribution in [2.24, 2.45) is 5.92 Å². The van der Waals surface area contributed by atoms with Crippen molar-refractivity contribution in [3.8, 4) is 0 Å². The SMILES string of the molecule is CN(C)S(=O)(=O)N1C[C@@H]2CC[C@H](C1)N(C(=O)Cn1ccccc1=O)C2. The number of aromatic nitrogens is 1. The number of pyridine rings is 1.